The second-order valence-corrected chi connectivity index (χ2v) is 18.5. The fraction of sp³-hybridized carbons (Fsp3) is 0.0714. The van der Waals surface area contributed by atoms with E-state index in [9.17, 15) is 8.42 Å². The standard InChI is InChI=1S/C56H43N3O2S/c1-36-12-20-41(21-13-36)57(42-22-14-37(2)15-23-42)45-28-30-48-50-35-56-51(34-54(50)59(53(48)32-45)52-11-7-9-40-8-5-6-10-47(40)52)49-31-29-46(33-55(49)62(56,60)61)58(43-24-16-38(3)17-25-43)44-26-18-39(4)19-27-44/h5-35H,1-4H3. The number of rotatable bonds is 7. The summed E-state index contributed by atoms with van der Waals surface area (Å²) in [6.07, 6.45) is 0. The first kappa shape index (κ1) is 37.6. The van der Waals surface area contributed by atoms with Crippen molar-refractivity contribution < 1.29 is 8.42 Å². The third-order valence-electron chi connectivity index (χ3n) is 12.4. The summed E-state index contributed by atoms with van der Waals surface area (Å²) < 4.78 is 32.2. The molecule has 0 radical (unpaired) electrons. The van der Waals surface area contributed by atoms with Crippen molar-refractivity contribution in [1.82, 2.24) is 4.57 Å². The summed E-state index contributed by atoms with van der Waals surface area (Å²) in [6, 6.07) is 65.3. The summed E-state index contributed by atoms with van der Waals surface area (Å²) in [5, 5.41) is 4.10. The SMILES string of the molecule is Cc1ccc(N(c2ccc(C)cc2)c2ccc3c(c2)S(=O)(=O)c2cc4c5ccc(N(c6ccc(C)cc6)c6ccc(C)cc6)cc5n(-c5cccc6ccccc56)c4cc2-3)cc1. The highest BCUT2D eigenvalue weighted by atomic mass is 32.2. The van der Waals surface area contributed by atoms with Gasteiger partial charge in [-0.15, -0.1) is 0 Å². The van der Waals surface area contributed by atoms with Crippen molar-refractivity contribution in [2.45, 2.75) is 37.5 Å². The van der Waals surface area contributed by atoms with Crippen LogP contribution >= 0.6 is 0 Å². The van der Waals surface area contributed by atoms with E-state index in [4.69, 9.17) is 0 Å². The summed E-state index contributed by atoms with van der Waals surface area (Å²) in [4.78, 5) is 5.07. The molecule has 0 amide bonds. The zero-order valence-electron chi connectivity index (χ0n) is 35.0. The van der Waals surface area contributed by atoms with Gasteiger partial charge < -0.3 is 14.4 Å². The van der Waals surface area contributed by atoms with Crippen molar-refractivity contribution >= 4 is 76.5 Å². The monoisotopic (exact) mass is 821 g/mol. The summed E-state index contributed by atoms with van der Waals surface area (Å²) in [5.74, 6) is 0. The Morgan fingerprint density at radius 1 is 0.371 bits per heavy atom. The minimum Gasteiger partial charge on any atom is -0.310 e. The Morgan fingerprint density at radius 3 is 1.39 bits per heavy atom. The molecule has 10 aromatic rings. The molecule has 11 rings (SSSR count). The van der Waals surface area contributed by atoms with Crippen LogP contribution in [0.4, 0.5) is 34.1 Å². The molecule has 6 heteroatoms. The van der Waals surface area contributed by atoms with Crippen LogP contribution in [0.3, 0.4) is 0 Å². The fourth-order valence-corrected chi connectivity index (χ4v) is 10.9. The molecule has 0 saturated carbocycles. The Kier molecular flexibility index (Phi) is 8.70. The predicted molar refractivity (Wildman–Crippen MR) is 257 cm³/mol. The van der Waals surface area contributed by atoms with Crippen molar-refractivity contribution in [3.05, 3.63) is 210 Å². The molecule has 0 bridgehead atoms. The van der Waals surface area contributed by atoms with E-state index in [0.29, 0.717) is 20.9 Å². The Morgan fingerprint density at radius 2 is 0.823 bits per heavy atom. The Labute approximate surface area is 362 Å². The summed E-state index contributed by atoms with van der Waals surface area (Å²) in [6.45, 7) is 8.35. The zero-order chi connectivity index (χ0) is 42.3. The smallest absolute Gasteiger partial charge is 0.207 e. The molecule has 2 heterocycles. The van der Waals surface area contributed by atoms with Gasteiger partial charge in [-0.1, -0.05) is 119 Å². The Bertz CT molecular complexity index is 3400. The van der Waals surface area contributed by atoms with Gasteiger partial charge in [-0.25, -0.2) is 8.42 Å². The molecule has 1 aliphatic heterocycles. The largest absolute Gasteiger partial charge is 0.310 e. The summed E-state index contributed by atoms with van der Waals surface area (Å²) in [5.41, 5.74) is 14.9. The molecule has 5 nitrogen and oxygen atoms in total. The van der Waals surface area contributed by atoms with E-state index in [-0.39, 0.29) is 0 Å². The second-order valence-electron chi connectivity index (χ2n) is 16.6. The highest BCUT2D eigenvalue weighted by Crippen LogP contribution is 2.50. The number of aryl methyl sites for hydroxylation is 4. The van der Waals surface area contributed by atoms with Gasteiger partial charge in [0.25, 0.3) is 0 Å². The lowest BCUT2D eigenvalue weighted by Crippen LogP contribution is -2.10. The second kappa shape index (κ2) is 14.4. The minimum atomic E-state index is -3.89. The van der Waals surface area contributed by atoms with E-state index in [2.05, 4.69) is 206 Å². The van der Waals surface area contributed by atoms with E-state index in [1.807, 2.05) is 24.3 Å². The predicted octanol–water partition coefficient (Wildman–Crippen LogP) is 14.9. The van der Waals surface area contributed by atoms with Crippen LogP contribution in [0.25, 0.3) is 49.4 Å². The number of fused-ring (bicyclic) bond motifs is 7. The van der Waals surface area contributed by atoms with Crippen LogP contribution in [-0.4, -0.2) is 13.0 Å². The van der Waals surface area contributed by atoms with Gasteiger partial charge in [-0.3, -0.25) is 0 Å². The number of anilines is 6. The van der Waals surface area contributed by atoms with Gasteiger partial charge in [-0.2, -0.15) is 0 Å². The van der Waals surface area contributed by atoms with Crippen molar-refractivity contribution in [2.24, 2.45) is 0 Å². The van der Waals surface area contributed by atoms with Crippen molar-refractivity contribution in [1.29, 1.82) is 0 Å². The quantitative estimate of drug-likeness (QED) is 0.161. The van der Waals surface area contributed by atoms with E-state index in [1.165, 1.54) is 11.1 Å². The molecule has 62 heavy (non-hydrogen) atoms. The molecule has 0 fully saturated rings. The number of sulfone groups is 1. The fourth-order valence-electron chi connectivity index (χ4n) is 9.15. The number of hydrogen-bond donors (Lipinski definition) is 0. The third kappa shape index (κ3) is 6.09. The summed E-state index contributed by atoms with van der Waals surface area (Å²) in [7, 11) is -3.89. The first-order valence-corrected chi connectivity index (χ1v) is 22.5. The number of aromatic nitrogens is 1. The van der Waals surface area contributed by atoms with Crippen molar-refractivity contribution in [2.75, 3.05) is 9.80 Å². The molecule has 0 N–H and O–H groups in total. The van der Waals surface area contributed by atoms with Gasteiger partial charge in [0.2, 0.25) is 9.84 Å². The van der Waals surface area contributed by atoms with Crippen molar-refractivity contribution in [3.63, 3.8) is 0 Å². The van der Waals surface area contributed by atoms with Crippen molar-refractivity contribution in [3.8, 4) is 16.8 Å². The molecule has 300 valence electrons. The van der Waals surface area contributed by atoms with Gasteiger partial charge in [0.15, 0.2) is 0 Å². The van der Waals surface area contributed by atoms with Crippen LogP contribution < -0.4 is 9.80 Å². The molecule has 0 unspecified atom stereocenters. The summed E-state index contributed by atoms with van der Waals surface area (Å²) >= 11 is 0. The number of benzene rings is 9. The first-order valence-electron chi connectivity index (χ1n) is 21.0. The average molecular weight is 822 g/mol. The molecule has 0 aliphatic carbocycles. The molecule has 0 spiro atoms. The lowest BCUT2D eigenvalue weighted by molar-refractivity contribution is 0.599. The minimum absolute atomic E-state index is 0.317. The van der Waals surface area contributed by atoms with Gasteiger partial charge in [0.1, 0.15) is 0 Å². The van der Waals surface area contributed by atoms with E-state index in [0.717, 1.165) is 83.5 Å². The van der Waals surface area contributed by atoms with E-state index >= 15 is 0 Å². The molecule has 1 aromatic heterocycles. The number of nitrogens with zero attached hydrogens (tertiary/aromatic N) is 3. The van der Waals surface area contributed by atoms with Gasteiger partial charge in [0.05, 0.1) is 26.5 Å². The topological polar surface area (TPSA) is 45.6 Å². The maximum absolute atomic E-state index is 14.9. The van der Waals surface area contributed by atoms with E-state index < -0.39 is 9.84 Å². The van der Waals surface area contributed by atoms with Crippen LogP contribution in [0.15, 0.2) is 198 Å². The normalized spacial score (nSPS) is 12.8. The highest BCUT2D eigenvalue weighted by molar-refractivity contribution is 7.92. The molecule has 0 atom stereocenters. The Balaban J connectivity index is 1.14. The first-order chi connectivity index (χ1) is 30.1. The molecule has 1 aliphatic rings. The maximum Gasteiger partial charge on any atom is 0.207 e. The van der Waals surface area contributed by atoms with Crippen LogP contribution in [0.2, 0.25) is 0 Å². The molecule has 9 aromatic carbocycles. The van der Waals surface area contributed by atoms with Gasteiger partial charge in [0, 0.05) is 61.4 Å². The van der Waals surface area contributed by atoms with Gasteiger partial charge in [-0.05, 0) is 124 Å². The van der Waals surface area contributed by atoms with Crippen LogP contribution in [0.1, 0.15) is 22.3 Å². The molecular formula is C56H43N3O2S. The Hall–Kier alpha value is -7.41. The average Bonchev–Trinajstić information content (AvgIpc) is 3.72. The zero-order valence-corrected chi connectivity index (χ0v) is 35.8. The third-order valence-corrected chi connectivity index (χ3v) is 14.2. The maximum atomic E-state index is 14.9. The highest BCUT2D eigenvalue weighted by Gasteiger charge is 2.35. The lowest BCUT2D eigenvalue weighted by Gasteiger charge is -2.26. The van der Waals surface area contributed by atoms with Crippen LogP contribution in [0, 0.1) is 27.7 Å². The van der Waals surface area contributed by atoms with Crippen LogP contribution in [0.5, 0.6) is 0 Å². The van der Waals surface area contributed by atoms with Gasteiger partial charge >= 0.3 is 0 Å². The van der Waals surface area contributed by atoms with E-state index in [1.54, 1.807) is 0 Å². The lowest BCUT2D eigenvalue weighted by atomic mass is 10.0. The molecule has 0 saturated heterocycles. The molecular weight excluding hydrogens is 779 g/mol. The van der Waals surface area contributed by atoms with Crippen LogP contribution in [-0.2, 0) is 9.84 Å². The number of hydrogen-bond acceptors (Lipinski definition) is 4.